The summed E-state index contributed by atoms with van der Waals surface area (Å²) in [6, 6.07) is 23.2. The van der Waals surface area contributed by atoms with E-state index >= 15 is 0 Å². The number of benzene rings is 3. The van der Waals surface area contributed by atoms with E-state index < -0.39 is 0 Å². The quantitative estimate of drug-likeness (QED) is 0.449. The molecule has 30 heavy (non-hydrogen) atoms. The van der Waals surface area contributed by atoms with Crippen molar-refractivity contribution >= 4 is 26.8 Å². The molecule has 3 aromatic carbocycles. The number of nitrogens with two attached hydrogens (primary N) is 1. The van der Waals surface area contributed by atoms with Crippen LogP contribution in [0.4, 0.5) is 0 Å². The summed E-state index contributed by atoms with van der Waals surface area (Å²) in [5.41, 5.74) is 6.29. The SMILES string of the molecule is COc1ccc([C@H]2[NH2+]CCc3c2[nH]c2ccccc32)cc1COc1ccc(Br)cc1. The third-order valence-corrected chi connectivity index (χ3v) is 6.35. The van der Waals surface area contributed by atoms with Crippen molar-refractivity contribution in [2.45, 2.75) is 19.1 Å². The maximum atomic E-state index is 6.03. The van der Waals surface area contributed by atoms with Crippen LogP contribution in [0, 0.1) is 0 Å². The zero-order chi connectivity index (χ0) is 20.5. The number of H-pyrrole nitrogens is 1. The number of fused-ring (bicyclic) bond motifs is 3. The van der Waals surface area contributed by atoms with Crippen molar-refractivity contribution in [1.29, 1.82) is 0 Å². The van der Waals surface area contributed by atoms with Gasteiger partial charge in [0.25, 0.3) is 0 Å². The lowest BCUT2D eigenvalue weighted by atomic mass is 9.93. The molecule has 4 aromatic rings. The Labute approximate surface area is 184 Å². The van der Waals surface area contributed by atoms with Gasteiger partial charge in [0.05, 0.1) is 19.3 Å². The fourth-order valence-electron chi connectivity index (χ4n) is 4.37. The minimum Gasteiger partial charge on any atom is -0.496 e. The number of halogens is 1. The van der Waals surface area contributed by atoms with Gasteiger partial charge in [-0.15, -0.1) is 0 Å². The number of nitrogens with one attached hydrogen (secondary N) is 1. The fraction of sp³-hybridized carbons (Fsp3) is 0.200. The second kappa shape index (κ2) is 8.17. The largest absolute Gasteiger partial charge is 0.496 e. The van der Waals surface area contributed by atoms with Crippen molar-refractivity contribution in [3.8, 4) is 11.5 Å². The van der Waals surface area contributed by atoms with Crippen LogP contribution < -0.4 is 14.8 Å². The molecule has 1 aliphatic rings. The molecular weight excluding hydrogens is 440 g/mol. The smallest absolute Gasteiger partial charge is 0.153 e. The van der Waals surface area contributed by atoms with E-state index in [0.717, 1.165) is 34.5 Å². The van der Waals surface area contributed by atoms with Gasteiger partial charge < -0.3 is 19.8 Å². The van der Waals surface area contributed by atoms with Crippen LogP contribution in [0.2, 0.25) is 0 Å². The Balaban J connectivity index is 1.47. The fourth-order valence-corrected chi connectivity index (χ4v) is 4.63. The van der Waals surface area contributed by atoms with Crippen molar-refractivity contribution in [2.24, 2.45) is 0 Å². The Kier molecular flexibility index (Phi) is 5.23. The molecule has 3 N–H and O–H groups in total. The Morgan fingerprint density at radius 2 is 1.90 bits per heavy atom. The minimum atomic E-state index is 0.249. The summed E-state index contributed by atoms with van der Waals surface area (Å²) in [5, 5.41) is 3.76. The molecule has 0 aliphatic carbocycles. The van der Waals surface area contributed by atoms with Crippen molar-refractivity contribution in [3.63, 3.8) is 0 Å². The van der Waals surface area contributed by atoms with Crippen LogP contribution in [0.3, 0.4) is 0 Å². The van der Waals surface area contributed by atoms with Gasteiger partial charge in [-0.3, -0.25) is 0 Å². The average Bonchev–Trinajstić information content (AvgIpc) is 3.17. The van der Waals surface area contributed by atoms with Crippen molar-refractivity contribution in [3.05, 3.63) is 93.6 Å². The Morgan fingerprint density at radius 1 is 1.07 bits per heavy atom. The first-order valence-electron chi connectivity index (χ1n) is 10.2. The summed E-state index contributed by atoms with van der Waals surface area (Å²) >= 11 is 3.46. The first-order chi connectivity index (χ1) is 14.7. The lowest BCUT2D eigenvalue weighted by Gasteiger charge is -2.22. The zero-order valence-corrected chi connectivity index (χ0v) is 18.4. The highest BCUT2D eigenvalue weighted by atomic mass is 79.9. The monoisotopic (exact) mass is 463 g/mol. The van der Waals surface area contributed by atoms with Crippen LogP contribution in [0.25, 0.3) is 10.9 Å². The number of hydrogen-bond donors (Lipinski definition) is 2. The maximum Gasteiger partial charge on any atom is 0.153 e. The van der Waals surface area contributed by atoms with E-state index in [0.29, 0.717) is 6.61 Å². The Morgan fingerprint density at radius 3 is 2.73 bits per heavy atom. The number of methoxy groups -OCH3 is 1. The number of hydrogen-bond acceptors (Lipinski definition) is 2. The van der Waals surface area contributed by atoms with Gasteiger partial charge in [-0.1, -0.05) is 34.1 Å². The molecule has 5 rings (SSSR count). The third-order valence-electron chi connectivity index (χ3n) is 5.83. The molecule has 1 atom stereocenters. The van der Waals surface area contributed by atoms with Crippen molar-refractivity contribution in [1.82, 2.24) is 4.98 Å². The molecule has 0 saturated carbocycles. The van der Waals surface area contributed by atoms with Crippen LogP contribution in [0.5, 0.6) is 11.5 Å². The molecule has 0 fully saturated rings. The molecule has 0 spiro atoms. The molecule has 0 unspecified atom stereocenters. The van der Waals surface area contributed by atoms with E-state index in [-0.39, 0.29) is 6.04 Å². The molecule has 2 heterocycles. The number of quaternary nitrogens is 1. The van der Waals surface area contributed by atoms with Crippen molar-refractivity contribution in [2.75, 3.05) is 13.7 Å². The number of para-hydroxylation sites is 1. The highest BCUT2D eigenvalue weighted by Crippen LogP contribution is 2.32. The normalized spacial score (nSPS) is 15.7. The van der Waals surface area contributed by atoms with Gasteiger partial charge in [0.2, 0.25) is 0 Å². The standard InChI is InChI=1S/C25H23BrN2O2/c1-29-23-11-6-16(14-17(23)15-30-19-9-7-18(26)8-10-19)24-25-21(12-13-27-24)20-4-2-3-5-22(20)28-25/h2-11,14,24,27-28H,12-13,15H2,1H3/p+1/t24-/m1/s1. The second-order valence-electron chi connectivity index (χ2n) is 7.63. The van der Waals surface area contributed by atoms with E-state index in [9.17, 15) is 0 Å². The minimum absolute atomic E-state index is 0.249. The molecule has 152 valence electrons. The number of aromatic amines is 1. The first-order valence-corrected chi connectivity index (χ1v) is 11.0. The Bertz CT molecular complexity index is 1180. The van der Waals surface area contributed by atoms with E-state index in [1.807, 2.05) is 24.3 Å². The van der Waals surface area contributed by atoms with Crippen molar-refractivity contribution < 1.29 is 14.8 Å². The number of aromatic nitrogens is 1. The highest BCUT2D eigenvalue weighted by molar-refractivity contribution is 9.10. The highest BCUT2D eigenvalue weighted by Gasteiger charge is 2.29. The van der Waals surface area contributed by atoms with Crippen LogP contribution in [0.15, 0.2) is 71.2 Å². The van der Waals surface area contributed by atoms with Crippen LogP contribution in [0.1, 0.15) is 28.4 Å². The predicted molar refractivity (Wildman–Crippen MR) is 122 cm³/mol. The van der Waals surface area contributed by atoms with E-state index in [1.54, 1.807) is 7.11 Å². The first kappa shape index (κ1) is 19.2. The molecule has 1 aromatic heterocycles. The molecule has 0 amide bonds. The van der Waals surface area contributed by atoms with Gasteiger partial charge >= 0.3 is 0 Å². The molecule has 0 saturated heterocycles. The summed E-state index contributed by atoms with van der Waals surface area (Å²) in [6.07, 6.45) is 1.09. The second-order valence-corrected chi connectivity index (χ2v) is 8.54. The Hall–Kier alpha value is -2.76. The van der Waals surface area contributed by atoms with Crippen LogP contribution >= 0.6 is 15.9 Å². The van der Waals surface area contributed by atoms with Crippen LogP contribution in [-0.4, -0.2) is 18.6 Å². The summed E-state index contributed by atoms with van der Waals surface area (Å²) in [5.74, 6) is 1.69. The van der Waals surface area contributed by atoms with Gasteiger partial charge in [0, 0.05) is 32.9 Å². The van der Waals surface area contributed by atoms with Gasteiger partial charge in [0.15, 0.2) is 6.04 Å². The summed E-state index contributed by atoms with van der Waals surface area (Å²) in [7, 11) is 1.71. The topological polar surface area (TPSA) is 50.9 Å². The van der Waals surface area contributed by atoms with Gasteiger partial charge in [-0.05, 0) is 54.1 Å². The summed E-state index contributed by atoms with van der Waals surface area (Å²) in [4.78, 5) is 3.68. The average molecular weight is 464 g/mol. The summed E-state index contributed by atoms with van der Waals surface area (Å²) < 4.78 is 12.7. The van der Waals surface area contributed by atoms with Crippen LogP contribution in [-0.2, 0) is 13.0 Å². The lowest BCUT2D eigenvalue weighted by molar-refractivity contribution is -0.690. The predicted octanol–water partition coefficient (Wildman–Crippen LogP) is 4.73. The zero-order valence-electron chi connectivity index (χ0n) is 16.8. The van der Waals surface area contributed by atoms with E-state index in [2.05, 4.69) is 68.7 Å². The molecular formula is C25H24BrN2O2+. The molecule has 5 heteroatoms. The van der Waals surface area contributed by atoms with E-state index in [4.69, 9.17) is 9.47 Å². The van der Waals surface area contributed by atoms with Gasteiger partial charge in [-0.2, -0.15) is 0 Å². The third kappa shape index (κ3) is 3.59. The summed E-state index contributed by atoms with van der Waals surface area (Å²) in [6.45, 7) is 1.54. The number of rotatable bonds is 5. The molecule has 0 bridgehead atoms. The van der Waals surface area contributed by atoms with Gasteiger partial charge in [0.1, 0.15) is 18.1 Å². The molecule has 1 aliphatic heterocycles. The molecule has 0 radical (unpaired) electrons. The molecule has 4 nitrogen and oxygen atoms in total. The van der Waals surface area contributed by atoms with Gasteiger partial charge in [-0.25, -0.2) is 0 Å². The maximum absolute atomic E-state index is 6.03. The number of ether oxygens (including phenoxy) is 2. The van der Waals surface area contributed by atoms with E-state index in [1.165, 1.54) is 27.7 Å². The lowest BCUT2D eigenvalue weighted by Crippen LogP contribution is -2.87.